The molecule has 1 atom stereocenters. The summed E-state index contributed by atoms with van der Waals surface area (Å²) in [6.07, 6.45) is 2.14. The number of hydrogen-bond acceptors (Lipinski definition) is 3. The Morgan fingerprint density at radius 2 is 2.11 bits per heavy atom. The zero-order valence-corrected chi connectivity index (χ0v) is 11.7. The lowest BCUT2D eigenvalue weighted by Crippen LogP contribution is -2.11. The summed E-state index contributed by atoms with van der Waals surface area (Å²) in [4.78, 5) is 11.1. The van der Waals surface area contributed by atoms with Crippen LogP contribution in [-0.4, -0.2) is 25.3 Å². The second-order valence-electron chi connectivity index (χ2n) is 4.74. The van der Waals surface area contributed by atoms with Crippen LogP contribution in [0.5, 0.6) is 11.5 Å². The van der Waals surface area contributed by atoms with Crippen molar-refractivity contribution in [2.45, 2.75) is 25.2 Å². The van der Waals surface area contributed by atoms with Crippen LogP contribution >= 0.6 is 11.6 Å². The first-order chi connectivity index (χ1) is 9.08. The number of carboxylic acids is 1. The molecule has 5 heteroatoms. The topological polar surface area (TPSA) is 55.8 Å². The van der Waals surface area contributed by atoms with E-state index in [9.17, 15) is 4.79 Å². The smallest absolute Gasteiger partial charge is 0.303 e. The van der Waals surface area contributed by atoms with Gasteiger partial charge >= 0.3 is 5.97 Å². The number of ether oxygens (including phenoxy) is 2. The molecule has 0 saturated heterocycles. The molecular weight excluding hydrogens is 268 g/mol. The van der Waals surface area contributed by atoms with Crippen molar-refractivity contribution >= 4 is 17.6 Å². The first-order valence-corrected chi connectivity index (χ1v) is 6.58. The minimum atomic E-state index is -0.821. The SMILES string of the molecule is COc1ccc(Cl)c(C(CC(=O)O)C2CC2)c1OC. The summed E-state index contributed by atoms with van der Waals surface area (Å²) < 4.78 is 10.6. The first-order valence-electron chi connectivity index (χ1n) is 6.20. The van der Waals surface area contributed by atoms with Gasteiger partial charge in [-0.05, 0) is 30.9 Å². The normalized spacial score (nSPS) is 15.9. The van der Waals surface area contributed by atoms with Crippen molar-refractivity contribution < 1.29 is 19.4 Å². The molecule has 2 rings (SSSR count). The molecule has 0 amide bonds. The van der Waals surface area contributed by atoms with E-state index in [2.05, 4.69) is 0 Å². The van der Waals surface area contributed by atoms with Gasteiger partial charge in [-0.15, -0.1) is 0 Å². The average Bonchev–Trinajstić information content (AvgIpc) is 3.19. The highest BCUT2D eigenvalue weighted by Crippen LogP contribution is 2.51. The zero-order valence-electron chi connectivity index (χ0n) is 11.0. The number of rotatable bonds is 6. The third-order valence-electron chi connectivity index (χ3n) is 3.49. The van der Waals surface area contributed by atoms with E-state index in [0.717, 1.165) is 18.4 Å². The molecule has 104 valence electrons. The van der Waals surface area contributed by atoms with Crippen molar-refractivity contribution in [1.29, 1.82) is 0 Å². The Hall–Kier alpha value is -1.42. The third kappa shape index (κ3) is 2.95. The van der Waals surface area contributed by atoms with E-state index in [0.29, 0.717) is 22.4 Å². The first kappa shape index (κ1) is 14.0. The number of carboxylic acid groups (broad SMARTS) is 1. The number of benzene rings is 1. The quantitative estimate of drug-likeness (QED) is 0.870. The molecular formula is C14H17ClO4. The summed E-state index contributed by atoms with van der Waals surface area (Å²) in [5.41, 5.74) is 0.758. The molecule has 0 heterocycles. The highest BCUT2D eigenvalue weighted by molar-refractivity contribution is 6.31. The Morgan fingerprint density at radius 3 is 2.58 bits per heavy atom. The van der Waals surface area contributed by atoms with Crippen LogP contribution in [0.1, 0.15) is 30.7 Å². The number of aliphatic carboxylic acids is 1. The largest absolute Gasteiger partial charge is 0.493 e. The number of hydrogen-bond donors (Lipinski definition) is 1. The van der Waals surface area contributed by atoms with Crippen LogP contribution < -0.4 is 9.47 Å². The molecule has 0 aliphatic heterocycles. The predicted octanol–water partition coefficient (Wildman–Crippen LogP) is 3.33. The maximum atomic E-state index is 11.1. The fourth-order valence-electron chi connectivity index (χ4n) is 2.46. The highest BCUT2D eigenvalue weighted by Gasteiger charge is 2.37. The number of halogens is 1. The van der Waals surface area contributed by atoms with E-state index in [1.54, 1.807) is 26.4 Å². The van der Waals surface area contributed by atoms with Crippen molar-refractivity contribution in [3.8, 4) is 11.5 Å². The van der Waals surface area contributed by atoms with Crippen LogP contribution in [0, 0.1) is 5.92 Å². The van der Waals surface area contributed by atoms with E-state index in [1.165, 1.54) is 0 Å². The van der Waals surface area contributed by atoms with Gasteiger partial charge in [-0.3, -0.25) is 4.79 Å². The van der Waals surface area contributed by atoms with Gasteiger partial charge in [0, 0.05) is 16.5 Å². The molecule has 1 aliphatic carbocycles. The van der Waals surface area contributed by atoms with Gasteiger partial charge in [0.2, 0.25) is 0 Å². The van der Waals surface area contributed by atoms with Crippen LogP contribution in [0.15, 0.2) is 12.1 Å². The highest BCUT2D eigenvalue weighted by atomic mass is 35.5. The summed E-state index contributed by atoms with van der Waals surface area (Å²) in [5.74, 6) is 0.564. The summed E-state index contributed by atoms with van der Waals surface area (Å²) in [6.45, 7) is 0. The van der Waals surface area contributed by atoms with Gasteiger partial charge in [-0.1, -0.05) is 11.6 Å². The van der Waals surface area contributed by atoms with Crippen molar-refractivity contribution in [3.63, 3.8) is 0 Å². The van der Waals surface area contributed by atoms with Crippen molar-refractivity contribution in [1.82, 2.24) is 0 Å². The second-order valence-corrected chi connectivity index (χ2v) is 5.15. The Labute approximate surface area is 117 Å². The van der Waals surface area contributed by atoms with Crippen molar-refractivity contribution in [3.05, 3.63) is 22.7 Å². The molecule has 0 aromatic heterocycles. The monoisotopic (exact) mass is 284 g/mol. The minimum Gasteiger partial charge on any atom is -0.493 e. The summed E-state index contributed by atoms with van der Waals surface area (Å²) >= 11 is 6.26. The van der Waals surface area contributed by atoms with E-state index in [1.807, 2.05) is 0 Å². The van der Waals surface area contributed by atoms with Crippen LogP contribution in [-0.2, 0) is 4.79 Å². The Kier molecular flexibility index (Phi) is 4.20. The molecule has 4 nitrogen and oxygen atoms in total. The molecule has 1 aromatic rings. The standard InChI is InChI=1S/C14H17ClO4/c1-18-11-6-5-10(15)13(14(11)19-2)9(7-12(16)17)8-3-4-8/h5-6,8-9H,3-4,7H2,1-2H3,(H,16,17). The van der Waals surface area contributed by atoms with E-state index in [4.69, 9.17) is 26.2 Å². The van der Waals surface area contributed by atoms with Crippen LogP contribution in [0.25, 0.3) is 0 Å². The van der Waals surface area contributed by atoms with Crippen molar-refractivity contribution in [2.75, 3.05) is 14.2 Å². The maximum absolute atomic E-state index is 11.1. The fourth-order valence-corrected chi connectivity index (χ4v) is 2.75. The molecule has 1 aromatic carbocycles. The van der Waals surface area contributed by atoms with Crippen LogP contribution in [0.2, 0.25) is 5.02 Å². The Balaban J connectivity index is 2.47. The maximum Gasteiger partial charge on any atom is 0.303 e. The molecule has 0 bridgehead atoms. The van der Waals surface area contributed by atoms with Gasteiger partial charge in [0.25, 0.3) is 0 Å². The van der Waals surface area contributed by atoms with Gasteiger partial charge < -0.3 is 14.6 Å². The zero-order chi connectivity index (χ0) is 14.0. The van der Waals surface area contributed by atoms with Gasteiger partial charge in [0.15, 0.2) is 11.5 Å². The van der Waals surface area contributed by atoms with Gasteiger partial charge in [-0.25, -0.2) is 0 Å². The number of carbonyl (C=O) groups is 1. The minimum absolute atomic E-state index is 0.0634. The molecule has 1 aliphatic rings. The lowest BCUT2D eigenvalue weighted by atomic mass is 9.90. The molecule has 0 radical (unpaired) electrons. The second kappa shape index (κ2) is 5.70. The average molecular weight is 285 g/mol. The molecule has 1 unspecified atom stereocenters. The van der Waals surface area contributed by atoms with E-state index >= 15 is 0 Å². The molecule has 1 fully saturated rings. The molecule has 1 saturated carbocycles. The van der Waals surface area contributed by atoms with Crippen LogP contribution in [0.4, 0.5) is 0 Å². The lowest BCUT2D eigenvalue weighted by Gasteiger charge is -2.21. The summed E-state index contributed by atoms with van der Waals surface area (Å²) in [5, 5.41) is 9.63. The Morgan fingerprint density at radius 1 is 1.42 bits per heavy atom. The van der Waals surface area contributed by atoms with E-state index < -0.39 is 5.97 Å². The van der Waals surface area contributed by atoms with Gasteiger partial charge in [0.1, 0.15) is 0 Å². The fraction of sp³-hybridized carbons (Fsp3) is 0.500. The molecule has 0 spiro atoms. The summed E-state index contributed by atoms with van der Waals surface area (Å²) in [6, 6.07) is 3.46. The predicted molar refractivity (Wildman–Crippen MR) is 72.3 cm³/mol. The van der Waals surface area contributed by atoms with Crippen LogP contribution in [0.3, 0.4) is 0 Å². The Bertz CT molecular complexity index is 483. The van der Waals surface area contributed by atoms with Crippen molar-refractivity contribution in [2.24, 2.45) is 5.92 Å². The lowest BCUT2D eigenvalue weighted by molar-refractivity contribution is -0.137. The molecule has 1 N–H and O–H groups in total. The third-order valence-corrected chi connectivity index (χ3v) is 3.82. The molecule has 19 heavy (non-hydrogen) atoms. The van der Waals surface area contributed by atoms with E-state index in [-0.39, 0.29) is 12.3 Å². The van der Waals surface area contributed by atoms with Gasteiger partial charge in [0.05, 0.1) is 20.6 Å². The summed E-state index contributed by atoms with van der Waals surface area (Å²) in [7, 11) is 3.10. The number of methoxy groups -OCH3 is 2. The van der Waals surface area contributed by atoms with Gasteiger partial charge in [-0.2, -0.15) is 0 Å².